The number of anilines is 3. The second-order valence-electron chi connectivity index (χ2n) is 28.3. The Hall–Kier alpha value is -11.3. The molecule has 14 aromatic rings. The van der Waals surface area contributed by atoms with Crippen LogP contribution in [-0.2, 0) is 56.1 Å². The Morgan fingerprint density at radius 3 is 0.701 bits per heavy atom. The molecule has 0 bridgehead atoms. The van der Waals surface area contributed by atoms with Gasteiger partial charge in [0.1, 0.15) is 86.4 Å². The van der Waals surface area contributed by atoms with Crippen LogP contribution in [0.15, 0.2) is 147 Å². The van der Waals surface area contributed by atoms with Crippen molar-refractivity contribution < 1.29 is 136 Å². The monoisotopic (exact) mass is 2100 g/mol. The van der Waals surface area contributed by atoms with Crippen LogP contribution in [0.1, 0.15) is 120 Å². The zero-order valence-corrected chi connectivity index (χ0v) is 76.9. The van der Waals surface area contributed by atoms with Gasteiger partial charge in [0.15, 0.2) is 39.9 Å². The maximum atomic E-state index is 13.1. The van der Waals surface area contributed by atoms with E-state index in [2.05, 4.69) is 69.8 Å². The molecule has 0 amide bonds. The van der Waals surface area contributed by atoms with Crippen LogP contribution in [0.5, 0.6) is 0 Å². The van der Waals surface area contributed by atoms with Gasteiger partial charge in [-0.15, -0.1) is 45.3 Å². The molecule has 738 valence electrons. The lowest BCUT2D eigenvalue weighted by Crippen LogP contribution is -2.31. The van der Waals surface area contributed by atoms with Crippen LogP contribution >= 0.6 is 79.4 Å². The van der Waals surface area contributed by atoms with E-state index in [0.717, 1.165) is 126 Å². The number of aryl methyl sites for hydroxylation is 2. The van der Waals surface area contributed by atoms with Crippen molar-refractivity contribution in [2.24, 2.45) is 0 Å². The fourth-order valence-electron chi connectivity index (χ4n) is 11.0. The summed E-state index contributed by atoms with van der Waals surface area (Å²) in [6.07, 6.45) is -23.2. The van der Waals surface area contributed by atoms with Crippen molar-refractivity contribution >= 4 is 94.4 Å². The van der Waals surface area contributed by atoms with Gasteiger partial charge in [-0.2, -0.15) is 119 Å². The van der Waals surface area contributed by atoms with Gasteiger partial charge in [0.25, 0.3) is 0 Å². The topological polar surface area (TPSA) is 190 Å². The fourth-order valence-corrected chi connectivity index (χ4v) is 18.3. The predicted molar refractivity (Wildman–Crippen MR) is 457 cm³/mol. The smallest absolute Gasteiger partial charge is 0.365 e. The molecule has 0 aliphatic carbocycles. The second-order valence-corrected chi connectivity index (χ2v) is 35.5. The van der Waals surface area contributed by atoms with E-state index in [4.69, 9.17) is 0 Å². The molecule has 0 atom stereocenters. The molecule has 137 heavy (non-hydrogen) atoms. The lowest BCUT2D eigenvalue weighted by Gasteiger charge is -2.20. The third kappa shape index (κ3) is 31.9. The lowest BCUT2D eigenvalue weighted by atomic mass is 10.1. The van der Waals surface area contributed by atoms with Gasteiger partial charge in [-0.3, -0.25) is 34.9 Å². The van der Waals surface area contributed by atoms with Crippen molar-refractivity contribution in [3.63, 3.8) is 0 Å². The van der Waals surface area contributed by atoms with E-state index in [-0.39, 0.29) is 90.1 Å². The standard InChI is InChI=1S/C12H8F7N3S.C12H9F6N3S.C12H11F4N3S.C12H10F4N2S.C12H11F3N2S.C11H8F4N2S.C11H9F3N2S/c1-22(5-11(14,15)16)10-8(12(17,18)19)21-9(23-10)6-2-7(13)4-20-3-6;1-21(6-11(13,14)15)10-8(12(16,17)18)20-9(22-10)7-3-2-4-19-5-7;1-3-19(2)11-9(12(14,15)16)18-10(20-11)7-4-8(13)6-17-5-7;1-6(2)9-10(12(14,15)16)18-11(19-9)7-3-8(13)5-17-4-7;1-7(2)9-10(12(13,14)15)17-11(18-9)8-4-3-5-16-6-8;1-2-8-9(11(13,14)15)17-10(18-8)6-3-7(12)5-16-4-6;1-2-8-9(11(12,13)14)16-10(17-8)7-4-3-5-15-6-7/h2-4H,5H2,1H3;2-5H,6H2,1H3;4-6H,3H2,1-2H3;3-6H,1-2H3;3-7H,1-2H3;3-5H,2H2,1H3;3-6H,2H2,1H3. The molecule has 0 spiro atoms. The summed E-state index contributed by atoms with van der Waals surface area (Å²) in [5.41, 5.74) is -4.85. The molecular weight excluding hydrogens is 2040 g/mol. The van der Waals surface area contributed by atoms with Gasteiger partial charge in [0, 0.05) is 148 Å². The number of alkyl halides is 27. The Morgan fingerprint density at radius 2 is 0.489 bits per heavy atom. The summed E-state index contributed by atoms with van der Waals surface area (Å²) in [4.78, 5) is 54.0. The molecule has 17 nitrogen and oxygen atoms in total. The van der Waals surface area contributed by atoms with Gasteiger partial charge in [-0.25, -0.2) is 52.4 Å². The van der Waals surface area contributed by atoms with E-state index in [1.165, 1.54) is 60.4 Å². The van der Waals surface area contributed by atoms with E-state index < -0.39 is 142 Å². The Balaban J connectivity index is 0.000000197. The summed E-state index contributed by atoms with van der Waals surface area (Å²) < 4.78 is 397. The molecule has 14 heterocycles. The minimum Gasteiger partial charge on any atom is -0.365 e. The van der Waals surface area contributed by atoms with Crippen molar-refractivity contribution in [2.75, 3.05) is 55.5 Å². The molecule has 0 aliphatic rings. The molecule has 55 heteroatoms. The number of hydrogen-bond acceptors (Lipinski definition) is 24. The first kappa shape index (κ1) is 111. The van der Waals surface area contributed by atoms with Crippen LogP contribution in [0.3, 0.4) is 0 Å². The molecule has 0 aromatic carbocycles. The summed E-state index contributed by atoms with van der Waals surface area (Å²) in [6, 6.07) is 14.0. The maximum absolute atomic E-state index is 13.1. The predicted octanol–water partition coefficient (Wildman–Crippen LogP) is 28.9. The van der Waals surface area contributed by atoms with E-state index in [1.54, 1.807) is 92.2 Å². The van der Waals surface area contributed by atoms with Gasteiger partial charge in [-0.1, -0.05) is 75.6 Å². The molecule has 0 N–H and O–H groups in total. The van der Waals surface area contributed by atoms with Crippen molar-refractivity contribution in [3.05, 3.63) is 230 Å². The van der Waals surface area contributed by atoms with Crippen LogP contribution < -0.4 is 14.7 Å². The van der Waals surface area contributed by atoms with Gasteiger partial charge in [-0.05, 0) is 92.3 Å². The van der Waals surface area contributed by atoms with Gasteiger partial charge in [0.05, 0.1) is 24.8 Å². The van der Waals surface area contributed by atoms with Crippen LogP contribution in [0, 0.1) is 23.3 Å². The minimum atomic E-state index is -4.94. The second kappa shape index (κ2) is 46.0. The highest BCUT2D eigenvalue weighted by Gasteiger charge is 2.46. The molecule has 0 radical (unpaired) electrons. The van der Waals surface area contributed by atoms with E-state index >= 15 is 0 Å². The molecule has 14 rings (SSSR count). The van der Waals surface area contributed by atoms with Crippen LogP contribution in [0.4, 0.5) is 151 Å². The summed E-state index contributed by atoms with van der Waals surface area (Å²) >= 11 is 5.77. The number of aromatic nitrogens is 14. The summed E-state index contributed by atoms with van der Waals surface area (Å²) in [5, 5.41) is -0.495. The number of pyridine rings is 7. The average Bonchev–Trinajstić information content (AvgIpc) is 1.65. The van der Waals surface area contributed by atoms with E-state index in [1.807, 2.05) is 0 Å². The Bertz CT molecular complexity index is 6210. The largest absolute Gasteiger partial charge is 0.436 e. The molecule has 14 aromatic heterocycles. The summed E-state index contributed by atoms with van der Waals surface area (Å²) in [7, 11) is 3.38. The summed E-state index contributed by atoms with van der Waals surface area (Å²) in [6.45, 7) is 9.18. The average molecular weight is 2100 g/mol. The minimum absolute atomic E-state index is 0.0132. The van der Waals surface area contributed by atoms with Crippen molar-refractivity contribution in [1.29, 1.82) is 0 Å². The first-order valence-electron chi connectivity index (χ1n) is 38.4. The number of rotatable bonds is 17. The fraction of sp³-hybridized carbons (Fsp3) is 0.317. The molecule has 0 saturated carbocycles. The number of hydrogen-bond donors (Lipinski definition) is 0. The number of nitrogens with zero attached hydrogens (tertiary/aromatic N) is 17. The van der Waals surface area contributed by atoms with Crippen LogP contribution in [0.2, 0.25) is 0 Å². The van der Waals surface area contributed by atoms with Gasteiger partial charge < -0.3 is 14.7 Å². The van der Waals surface area contributed by atoms with Crippen LogP contribution in [-0.4, -0.2) is 123 Å². The highest BCUT2D eigenvalue weighted by atomic mass is 32.1. The van der Waals surface area contributed by atoms with E-state index in [0.29, 0.717) is 72.1 Å². The van der Waals surface area contributed by atoms with Gasteiger partial charge >= 0.3 is 55.6 Å². The molecular formula is C82H66F31N17S7. The first-order valence-corrected chi connectivity index (χ1v) is 44.2. The zero-order chi connectivity index (χ0) is 102. The van der Waals surface area contributed by atoms with Crippen molar-refractivity contribution in [3.8, 4) is 74.0 Å². The van der Waals surface area contributed by atoms with Crippen molar-refractivity contribution in [1.82, 2.24) is 69.8 Å². The Labute approximate surface area is 784 Å². The highest BCUT2D eigenvalue weighted by molar-refractivity contribution is 7.20. The van der Waals surface area contributed by atoms with Crippen molar-refractivity contribution in [2.45, 2.75) is 129 Å². The maximum Gasteiger partial charge on any atom is 0.436 e. The molecule has 0 saturated heterocycles. The Kier molecular flexibility index (Phi) is 37.3. The van der Waals surface area contributed by atoms with E-state index in [9.17, 15) is 136 Å². The summed E-state index contributed by atoms with van der Waals surface area (Å²) in [5.74, 6) is -3.12. The zero-order valence-electron chi connectivity index (χ0n) is 71.2. The van der Waals surface area contributed by atoms with Crippen LogP contribution in [0.25, 0.3) is 74.0 Å². The Morgan fingerprint density at radius 1 is 0.270 bits per heavy atom. The third-order valence-corrected chi connectivity index (χ3v) is 25.9. The quantitative estimate of drug-likeness (QED) is 0.0782. The molecule has 0 fully saturated rings. The third-order valence-electron chi connectivity index (χ3n) is 17.0. The SMILES string of the molecule is CC(C)c1sc(-c2cccnc2)nc1C(F)(F)F.CC(C)c1sc(-c2cncc(F)c2)nc1C(F)(F)F.CCN(C)c1sc(-c2cncc(F)c2)nc1C(F)(F)F.CCc1sc(-c2cccnc2)nc1C(F)(F)F.CCc1sc(-c2cncc(F)c2)nc1C(F)(F)F.CN(CC(F)(F)F)c1sc(-c2cccnc2)nc1C(F)(F)F.CN(CC(F)(F)F)c1sc(-c2cncc(F)c2)nc1C(F)(F)F. The lowest BCUT2D eigenvalue weighted by molar-refractivity contribution is -0.142. The number of thiazole rings is 7. The number of halogens is 31. The molecule has 0 unspecified atom stereocenters. The highest BCUT2D eigenvalue weighted by Crippen LogP contribution is 2.50. The molecule has 0 aliphatic heterocycles. The van der Waals surface area contributed by atoms with Gasteiger partial charge in [0.2, 0.25) is 0 Å². The normalized spacial score (nSPS) is 12.1. The first-order chi connectivity index (χ1) is 63.5.